The monoisotopic (exact) mass is 442 g/mol. The van der Waals surface area contributed by atoms with Gasteiger partial charge in [-0.2, -0.15) is 4.31 Å². The molecule has 154 valence electrons. The van der Waals surface area contributed by atoms with Crippen LogP contribution < -0.4 is 4.74 Å². The van der Waals surface area contributed by atoms with Crippen LogP contribution in [0.15, 0.2) is 82.3 Å². The van der Waals surface area contributed by atoms with Gasteiger partial charge in [0.05, 0.1) is 30.3 Å². The minimum Gasteiger partial charge on any atom is -0.497 e. The van der Waals surface area contributed by atoms with E-state index in [0.29, 0.717) is 22.6 Å². The highest BCUT2D eigenvalue weighted by atomic mass is 35.5. The van der Waals surface area contributed by atoms with Crippen molar-refractivity contribution in [2.24, 2.45) is 0 Å². The first-order chi connectivity index (χ1) is 14.5. The number of hydrogen-bond acceptors (Lipinski definition) is 5. The van der Waals surface area contributed by atoms with Gasteiger partial charge in [-0.05, 0) is 48.5 Å². The van der Waals surface area contributed by atoms with Crippen molar-refractivity contribution in [1.29, 1.82) is 0 Å². The first-order valence-corrected chi connectivity index (χ1v) is 11.0. The third-order valence-electron chi connectivity index (χ3n) is 4.69. The van der Waals surface area contributed by atoms with E-state index in [2.05, 4.69) is 4.98 Å². The van der Waals surface area contributed by atoms with Crippen LogP contribution in [0.5, 0.6) is 5.75 Å². The molecule has 30 heavy (non-hydrogen) atoms. The van der Waals surface area contributed by atoms with E-state index < -0.39 is 10.0 Å². The lowest BCUT2D eigenvalue weighted by Gasteiger charge is -2.22. The Hall–Kier alpha value is -2.87. The van der Waals surface area contributed by atoms with Crippen molar-refractivity contribution in [3.63, 3.8) is 0 Å². The van der Waals surface area contributed by atoms with Gasteiger partial charge in [-0.15, -0.1) is 0 Å². The molecule has 0 aliphatic heterocycles. The molecule has 0 radical (unpaired) electrons. The fraction of sp³-hybridized carbons (Fsp3) is 0.136. The zero-order valence-electron chi connectivity index (χ0n) is 16.2. The lowest BCUT2D eigenvalue weighted by molar-refractivity contribution is 0.358. The number of pyridine rings is 1. The molecule has 0 atom stereocenters. The van der Waals surface area contributed by atoms with E-state index in [1.54, 1.807) is 55.6 Å². The standard InChI is InChI=1S/C22H19ClN2O4S/c1-28-18-9-10-21-16(13-18)12-17(22(23)24-21)14-25(15-19-6-5-11-29-19)30(26,27)20-7-3-2-4-8-20/h2-13H,14-15H2,1H3. The van der Waals surface area contributed by atoms with Gasteiger partial charge in [-0.1, -0.05) is 29.8 Å². The van der Waals surface area contributed by atoms with Crippen LogP contribution in [0.1, 0.15) is 11.3 Å². The molecule has 0 saturated heterocycles. The van der Waals surface area contributed by atoms with E-state index in [9.17, 15) is 8.42 Å². The van der Waals surface area contributed by atoms with Crippen molar-refractivity contribution in [2.45, 2.75) is 18.0 Å². The normalized spacial score (nSPS) is 11.8. The van der Waals surface area contributed by atoms with Gasteiger partial charge < -0.3 is 9.15 Å². The van der Waals surface area contributed by atoms with Gasteiger partial charge in [0, 0.05) is 17.5 Å². The second-order valence-corrected chi connectivity index (χ2v) is 8.96. The number of ether oxygens (including phenoxy) is 1. The first-order valence-electron chi connectivity index (χ1n) is 9.18. The van der Waals surface area contributed by atoms with Crippen molar-refractivity contribution in [1.82, 2.24) is 9.29 Å². The summed E-state index contributed by atoms with van der Waals surface area (Å²) in [4.78, 5) is 4.62. The van der Waals surface area contributed by atoms with E-state index >= 15 is 0 Å². The quantitative estimate of drug-likeness (QED) is 0.381. The molecule has 0 spiro atoms. The molecular formula is C22H19ClN2O4S. The number of hydrogen-bond donors (Lipinski definition) is 0. The Labute approximate surface area is 179 Å². The summed E-state index contributed by atoms with van der Waals surface area (Å²) in [5.74, 6) is 1.21. The Bertz CT molecular complexity index is 1260. The first kappa shape index (κ1) is 20.4. The molecule has 6 nitrogen and oxygen atoms in total. The van der Waals surface area contributed by atoms with Crippen molar-refractivity contribution in [3.8, 4) is 5.75 Å². The Balaban J connectivity index is 1.75. The number of halogens is 1. The van der Waals surface area contributed by atoms with E-state index in [1.165, 1.54) is 10.6 Å². The molecule has 0 aliphatic rings. The number of aromatic nitrogens is 1. The summed E-state index contributed by atoms with van der Waals surface area (Å²) >= 11 is 6.41. The van der Waals surface area contributed by atoms with E-state index in [0.717, 1.165) is 5.39 Å². The van der Waals surface area contributed by atoms with Crippen LogP contribution in [-0.2, 0) is 23.1 Å². The second kappa shape index (κ2) is 8.47. The molecule has 8 heteroatoms. The zero-order valence-corrected chi connectivity index (χ0v) is 17.7. The summed E-state index contributed by atoms with van der Waals surface area (Å²) in [6.07, 6.45) is 1.51. The number of benzene rings is 2. The van der Waals surface area contributed by atoms with Gasteiger partial charge in [0.15, 0.2) is 0 Å². The maximum atomic E-state index is 13.3. The smallest absolute Gasteiger partial charge is 0.243 e. The van der Waals surface area contributed by atoms with Crippen LogP contribution in [0.3, 0.4) is 0 Å². The molecule has 0 bridgehead atoms. The maximum Gasteiger partial charge on any atom is 0.243 e. The van der Waals surface area contributed by atoms with Gasteiger partial charge >= 0.3 is 0 Å². The number of methoxy groups -OCH3 is 1. The van der Waals surface area contributed by atoms with Crippen LogP contribution in [0.4, 0.5) is 0 Å². The van der Waals surface area contributed by atoms with Crippen molar-refractivity contribution >= 4 is 32.5 Å². The molecule has 0 saturated carbocycles. The minimum absolute atomic E-state index is 0.0386. The SMILES string of the molecule is COc1ccc2nc(Cl)c(CN(Cc3ccco3)S(=O)(=O)c3ccccc3)cc2c1. The Morgan fingerprint density at radius 3 is 2.53 bits per heavy atom. The molecule has 4 rings (SSSR count). The van der Waals surface area contributed by atoms with Gasteiger partial charge in [-0.3, -0.25) is 0 Å². The van der Waals surface area contributed by atoms with Crippen LogP contribution >= 0.6 is 11.6 Å². The van der Waals surface area contributed by atoms with Gasteiger partial charge in [0.25, 0.3) is 0 Å². The van der Waals surface area contributed by atoms with Crippen LogP contribution in [0.2, 0.25) is 5.15 Å². The van der Waals surface area contributed by atoms with Crippen molar-refractivity contribution in [2.75, 3.05) is 7.11 Å². The lowest BCUT2D eigenvalue weighted by Crippen LogP contribution is -2.30. The van der Waals surface area contributed by atoms with E-state index in [-0.39, 0.29) is 23.1 Å². The van der Waals surface area contributed by atoms with Crippen LogP contribution in [0, 0.1) is 0 Å². The average molecular weight is 443 g/mol. The van der Waals surface area contributed by atoms with E-state index in [1.807, 2.05) is 18.2 Å². The summed E-state index contributed by atoms with van der Waals surface area (Å²) in [6, 6.07) is 19.0. The molecular weight excluding hydrogens is 424 g/mol. The number of fused-ring (bicyclic) bond motifs is 1. The molecule has 2 aromatic heterocycles. The molecule has 0 fully saturated rings. The molecule has 2 aromatic carbocycles. The van der Waals surface area contributed by atoms with Gasteiger partial charge in [0.1, 0.15) is 16.7 Å². The predicted molar refractivity (Wildman–Crippen MR) is 115 cm³/mol. The zero-order chi connectivity index (χ0) is 21.1. The highest BCUT2D eigenvalue weighted by Crippen LogP contribution is 2.28. The summed E-state index contributed by atoms with van der Waals surface area (Å²) in [5.41, 5.74) is 1.29. The number of nitrogens with zero attached hydrogens (tertiary/aromatic N) is 2. The molecule has 0 amide bonds. The Morgan fingerprint density at radius 2 is 1.83 bits per heavy atom. The van der Waals surface area contributed by atoms with Crippen molar-refractivity contribution < 1.29 is 17.6 Å². The van der Waals surface area contributed by atoms with Gasteiger partial charge in [0.2, 0.25) is 10.0 Å². The van der Waals surface area contributed by atoms with E-state index in [4.69, 9.17) is 20.8 Å². The summed E-state index contributed by atoms with van der Waals surface area (Å²) in [7, 11) is -2.21. The van der Waals surface area contributed by atoms with Gasteiger partial charge in [-0.25, -0.2) is 13.4 Å². The maximum absolute atomic E-state index is 13.3. The topological polar surface area (TPSA) is 72.6 Å². The Kier molecular flexibility index (Phi) is 5.76. The molecule has 4 aromatic rings. The summed E-state index contributed by atoms with van der Waals surface area (Å²) in [5, 5.41) is 1.06. The fourth-order valence-electron chi connectivity index (χ4n) is 3.15. The third-order valence-corrected chi connectivity index (χ3v) is 6.82. The number of furan rings is 1. The summed E-state index contributed by atoms with van der Waals surface area (Å²) < 4.78 is 38.7. The second-order valence-electron chi connectivity index (χ2n) is 6.66. The summed E-state index contributed by atoms with van der Waals surface area (Å²) in [6.45, 7) is 0.105. The van der Waals surface area contributed by atoms with Crippen LogP contribution in [0.25, 0.3) is 10.9 Å². The van der Waals surface area contributed by atoms with Crippen LogP contribution in [-0.4, -0.2) is 24.8 Å². The predicted octanol–water partition coefficient (Wildman–Crippen LogP) is 4.88. The minimum atomic E-state index is -3.80. The van der Waals surface area contributed by atoms with Crippen molar-refractivity contribution in [3.05, 3.63) is 89.5 Å². The number of sulfonamides is 1. The fourth-order valence-corrected chi connectivity index (χ4v) is 4.76. The third kappa shape index (κ3) is 4.18. The number of rotatable bonds is 7. The molecule has 2 heterocycles. The molecule has 0 aliphatic carbocycles. The Morgan fingerprint density at radius 1 is 1.03 bits per heavy atom. The average Bonchev–Trinajstić information content (AvgIpc) is 3.27. The highest BCUT2D eigenvalue weighted by molar-refractivity contribution is 7.89. The lowest BCUT2D eigenvalue weighted by atomic mass is 10.1. The largest absolute Gasteiger partial charge is 0.497 e. The molecule has 0 unspecified atom stereocenters. The highest BCUT2D eigenvalue weighted by Gasteiger charge is 2.26. The molecule has 0 N–H and O–H groups in total.